The van der Waals surface area contributed by atoms with Crippen LogP contribution in [0.15, 0.2) is 0 Å². The first-order valence-corrected chi connectivity index (χ1v) is 15.7. The average Bonchev–Trinajstić information content (AvgIpc) is 2.86. The summed E-state index contributed by atoms with van der Waals surface area (Å²) in [6.45, 7) is 4.69. The highest BCUT2D eigenvalue weighted by molar-refractivity contribution is 5.03. The number of unbranched alkanes of at least 4 members (excludes halogenated alkanes) is 6. The van der Waals surface area contributed by atoms with E-state index >= 15 is 0 Å². The fraction of sp³-hybridized carbons (Fsp3) is 1.00. The summed E-state index contributed by atoms with van der Waals surface area (Å²) in [6.07, 6.45) is 37.2. The monoisotopic (exact) mass is 442 g/mol. The van der Waals surface area contributed by atoms with E-state index < -0.39 is 0 Å². The molecule has 0 spiro atoms. The van der Waals surface area contributed by atoms with Crippen LogP contribution in [0.4, 0.5) is 0 Å². The lowest BCUT2D eigenvalue weighted by Crippen LogP contribution is -2.46. The third kappa shape index (κ3) is 6.16. The van der Waals surface area contributed by atoms with Crippen LogP contribution >= 0.6 is 0 Å². The van der Waals surface area contributed by atoms with Crippen molar-refractivity contribution in [3.63, 3.8) is 0 Å². The highest BCUT2D eigenvalue weighted by atomic mass is 14.6. The minimum absolute atomic E-state index is 0.793. The maximum Gasteiger partial charge on any atom is -0.0269 e. The number of rotatable bonds is 12. The quantitative estimate of drug-likeness (QED) is 0.263. The Morgan fingerprint density at radius 3 is 1.66 bits per heavy atom. The third-order valence-electron chi connectivity index (χ3n) is 11.7. The third-order valence-corrected chi connectivity index (χ3v) is 11.7. The van der Waals surface area contributed by atoms with E-state index in [2.05, 4.69) is 13.8 Å². The first-order valence-electron chi connectivity index (χ1n) is 15.7. The molecule has 0 unspecified atom stereocenters. The predicted octanol–water partition coefficient (Wildman–Crippen LogP) is 10.9. The zero-order valence-corrected chi connectivity index (χ0v) is 22.3. The second kappa shape index (κ2) is 12.1. The van der Waals surface area contributed by atoms with Crippen LogP contribution in [0, 0.1) is 34.5 Å². The number of hydrogen-bond acceptors (Lipinski definition) is 0. The van der Waals surface area contributed by atoms with E-state index in [4.69, 9.17) is 0 Å². The normalized spacial score (nSPS) is 39.9. The SMILES string of the molecule is CCCCCCCC12CCC([C@H]3CC[C@H]([C@H]4CC[C@H](CCCCC)CC4)CC3)(CC1)CC2. The van der Waals surface area contributed by atoms with E-state index in [-0.39, 0.29) is 0 Å². The van der Waals surface area contributed by atoms with Gasteiger partial charge in [0, 0.05) is 0 Å². The minimum Gasteiger partial charge on any atom is -0.0654 e. The highest BCUT2D eigenvalue weighted by Gasteiger charge is 2.51. The Morgan fingerprint density at radius 1 is 0.531 bits per heavy atom. The zero-order valence-electron chi connectivity index (χ0n) is 22.3. The van der Waals surface area contributed by atoms with Gasteiger partial charge in [-0.15, -0.1) is 0 Å². The Balaban J connectivity index is 1.16. The Labute approximate surface area is 202 Å². The summed E-state index contributed by atoms with van der Waals surface area (Å²) in [5.74, 6) is 4.40. The van der Waals surface area contributed by atoms with Crippen LogP contribution in [0.3, 0.4) is 0 Å². The van der Waals surface area contributed by atoms with Crippen molar-refractivity contribution in [2.75, 3.05) is 0 Å². The van der Waals surface area contributed by atoms with Crippen molar-refractivity contribution in [2.24, 2.45) is 34.5 Å². The molecule has 0 N–H and O–H groups in total. The van der Waals surface area contributed by atoms with Crippen molar-refractivity contribution in [3.05, 3.63) is 0 Å². The fourth-order valence-corrected chi connectivity index (χ4v) is 9.22. The molecule has 5 aliphatic carbocycles. The first-order chi connectivity index (χ1) is 15.7. The van der Waals surface area contributed by atoms with Crippen molar-refractivity contribution in [1.29, 1.82) is 0 Å². The van der Waals surface area contributed by atoms with E-state index in [0.29, 0.717) is 0 Å². The van der Waals surface area contributed by atoms with E-state index in [9.17, 15) is 0 Å². The van der Waals surface area contributed by atoms with Crippen molar-refractivity contribution in [2.45, 2.75) is 168 Å². The molecule has 0 atom stereocenters. The van der Waals surface area contributed by atoms with Gasteiger partial charge in [-0.25, -0.2) is 0 Å². The molecule has 2 bridgehead atoms. The predicted molar refractivity (Wildman–Crippen MR) is 141 cm³/mol. The molecule has 5 fully saturated rings. The van der Waals surface area contributed by atoms with Gasteiger partial charge in [-0.1, -0.05) is 84.5 Å². The molecule has 5 rings (SSSR count). The van der Waals surface area contributed by atoms with Crippen molar-refractivity contribution in [1.82, 2.24) is 0 Å². The van der Waals surface area contributed by atoms with Crippen molar-refractivity contribution in [3.8, 4) is 0 Å². The van der Waals surface area contributed by atoms with Crippen LogP contribution in [0.5, 0.6) is 0 Å². The molecule has 0 aliphatic heterocycles. The molecular weight excluding hydrogens is 384 g/mol. The summed E-state index contributed by atoms with van der Waals surface area (Å²) in [5.41, 5.74) is 1.59. The number of fused-ring (bicyclic) bond motifs is 3. The standard InChI is InChI=1S/C32H58/c1-3-5-7-8-10-20-31-21-24-32(25-22-31,26-23-31)30-18-16-29(17-19-30)28-14-12-27(13-15-28)11-9-6-4-2/h27-30H,3-26H2,1-2H3/t27-,28-,29-,30-,31?,32?. The Hall–Kier alpha value is 0. The van der Waals surface area contributed by atoms with Crippen LogP contribution in [-0.4, -0.2) is 0 Å². The average molecular weight is 443 g/mol. The fourth-order valence-electron chi connectivity index (χ4n) is 9.22. The molecule has 186 valence electrons. The molecule has 0 heterocycles. The smallest absolute Gasteiger partial charge is 0.0269 e. The molecular formula is C32H58. The van der Waals surface area contributed by atoms with Crippen LogP contribution in [0.1, 0.15) is 168 Å². The molecule has 0 saturated heterocycles. The molecule has 32 heavy (non-hydrogen) atoms. The molecule has 0 aromatic heterocycles. The number of hydrogen-bond donors (Lipinski definition) is 0. The molecule has 0 heteroatoms. The summed E-state index contributed by atoms with van der Waals surface area (Å²) in [5, 5.41) is 0. The van der Waals surface area contributed by atoms with Crippen molar-refractivity contribution >= 4 is 0 Å². The topological polar surface area (TPSA) is 0 Å². The van der Waals surface area contributed by atoms with Gasteiger partial charge in [0.05, 0.1) is 0 Å². The molecule has 0 amide bonds. The van der Waals surface area contributed by atoms with Gasteiger partial charge in [0.25, 0.3) is 0 Å². The molecule has 5 aliphatic rings. The van der Waals surface area contributed by atoms with E-state index in [0.717, 1.165) is 34.5 Å². The lowest BCUT2D eigenvalue weighted by molar-refractivity contribution is -0.0680. The van der Waals surface area contributed by atoms with Crippen molar-refractivity contribution < 1.29 is 0 Å². The largest absolute Gasteiger partial charge is 0.0654 e. The zero-order chi connectivity index (χ0) is 22.3. The van der Waals surface area contributed by atoms with E-state index in [1.54, 1.807) is 96.3 Å². The lowest BCUT2D eigenvalue weighted by Gasteiger charge is -2.58. The van der Waals surface area contributed by atoms with Gasteiger partial charge in [-0.2, -0.15) is 0 Å². The molecule has 0 nitrogen and oxygen atoms in total. The Morgan fingerprint density at radius 2 is 1.06 bits per heavy atom. The van der Waals surface area contributed by atoms with Gasteiger partial charge in [0.1, 0.15) is 0 Å². The second-order valence-electron chi connectivity index (χ2n) is 13.4. The van der Waals surface area contributed by atoms with Gasteiger partial charge in [0.2, 0.25) is 0 Å². The van der Waals surface area contributed by atoms with Gasteiger partial charge in [-0.3, -0.25) is 0 Å². The van der Waals surface area contributed by atoms with Crippen LogP contribution in [-0.2, 0) is 0 Å². The first kappa shape index (κ1) is 25.1. The summed E-state index contributed by atoms with van der Waals surface area (Å²) in [7, 11) is 0. The molecule has 0 aromatic rings. The molecule has 0 aromatic carbocycles. The molecule has 0 radical (unpaired) electrons. The lowest BCUT2D eigenvalue weighted by atomic mass is 9.47. The maximum atomic E-state index is 2.35. The summed E-state index contributed by atoms with van der Waals surface area (Å²) in [6, 6.07) is 0. The van der Waals surface area contributed by atoms with Gasteiger partial charge in [-0.05, 0) is 118 Å². The van der Waals surface area contributed by atoms with E-state index in [1.165, 1.54) is 57.8 Å². The van der Waals surface area contributed by atoms with Gasteiger partial charge < -0.3 is 0 Å². The minimum atomic E-state index is 0.793. The van der Waals surface area contributed by atoms with Gasteiger partial charge >= 0.3 is 0 Å². The summed E-state index contributed by atoms with van der Waals surface area (Å²) >= 11 is 0. The summed E-state index contributed by atoms with van der Waals surface area (Å²) < 4.78 is 0. The summed E-state index contributed by atoms with van der Waals surface area (Å²) in [4.78, 5) is 0. The van der Waals surface area contributed by atoms with Gasteiger partial charge in [0.15, 0.2) is 0 Å². The molecule has 5 saturated carbocycles. The van der Waals surface area contributed by atoms with Crippen LogP contribution in [0.2, 0.25) is 0 Å². The Kier molecular flexibility index (Phi) is 9.50. The van der Waals surface area contributed by atoms with E-state index in [1.807, 2.05) is 0 Å². The van der Waals surface area contributed by atoms with Crippen LogP contribution < -0.4 is 0 Å². The maximum absolute atomic E-state index is 2.35. The Bertz CT molecular complexity index is 492. The second-order valence-corrected chi connectivity index (χ2v) is 13.4. The highest BCUT2D eigenvalue weighted by Crippen LogP contribution is 2.63. The van der Waals surface area contributed by atoms with Crippen LogP contribution in [0.25, 0.3) is 0 Å².